The first kappa shape index (κ1) is 21.9. The standard InChI is InChI=1S/C12H18O4.C4H6O2/c1-6-7-10(15-11(13)8(2)3)16-12(14)9(4)5;1-3-6-4(2)5/h10H,2,4,6-7H2,1,3,5H3;3H,1H2,2H3. The van der Waals surface area contributed by atoms with Gasteiger partial charge in [-0.25, -0.2) is 9.59 Å². The van der Waals surface area contributed by atoms with E-state index < -0.39 is 18.2 Å². The van der Waals surface area contributed by atoms with Gasteiger partial charge in [0.2, 0.25) is 6.29 Å². The molecule has 0 atom stereocenters. The zero-order valence-electron chi connectivity index (χ0n) is 13.6. The predicted octanol–water partition coefficient (Wildman–Crippen LogP) is 3.04. The lowest BCUT2D eigenvalue weighted by molar-refractivity contribution is -0.183. The molecule has 6 nitrogen and oxygen atoms in total. The first-order valence-electron chi connectivity index (χ1n) is 6.66. The fraction of sp³-hybridized carbons (Fsp3) is 0.438. The lowest BCUT2D eigenvalue weighted by Gasteiger charge is -2.17. The number of carbonyl (C=O) groups is 3. The van der Waals surface area contributed by atoms with Gasteiger partial charge in [-0.1, -0.05) is 26.7 Å². The molecule has 0 aliphatic carbocycles. The SMILES string of the molecule is C=C(C)C(=O)OC(CCC)OC(=O)C(=C)C.C=COC(C)=O. The van der Waals surface area contributed by atoms with E-state index in [2.05, 4.69) is 24.5 Å². The van der Waals surface area contributed by atoms with Gasteiger partial charge in [-0.15, -0.1) is 0 Å². The highest BCUT2D eigenvalue weighted by molar-refractivity contribution is 5.88. The molecule has 0 aromatic heterocycles. The van der Waals surface area contributed by atoms with Crippen LogP contribution in [0.5, 0.6) is 0 Å². The van der Waals surface area contributed by atoms with Crippen LogP contribution in [0.2, 0.25) is 0 Å². The fourth-order valence-corrected chi connectivity index (χ4v) is 0.935. The molecule has 22 heavy (non-hydrogen) atoms. The molecule has 0 fully saturated rings. The maximum atomic E-state index is 11.2. The Kier molecular flexibility index (Phi) is 12.3. The maximum absolute atomic E-state index is 11.2. The second kappa shape index (κ2) is 12.4. The van der Waals surface area contributed by atoms with E-state index in [-0.39, 0.29) is 17.1 Å². The predicted molar refractivity (Wildman–Crippen MR) is 82.5 cm³/mol. The van der Waals surface area contributed by atoms with Crippen molar-refractivity contribution < 1.29 is 28.6 Å². The number of carbonyl (C=O) groups excluding carboxylic acids is 3. The van der Waals surface area contributed by atoms with Gasteiger partial charge in [0.15, 0.2) is 0 Å². The van der Waals surface area contributed by atoms with Gasteiger partial charge >= 0.3 is 17.9 Å². The van der Waals surface area contributed by atoms with Gasteiger partial charge in [-0.3, -0.25) is 4.79 Å². The highest BCUT2D eigenvalue weighted by Gasteiger charge is 2.18. The van der Waals surface area contributed by atoms with Gasteiger partial charge in [-0.05, 0) is 20.3 Å². The van der Waals surface area contributed by atoms with Crippen molar-refractivity contribution in [1.29, 1.82) is 0 Å². The third kappa shape index (κ3) is 12.7. The quantitative estimate of drug-likeness (QED) is 0.311. The molecule has 0 aliphatic rings. The van der Waals surface area contributed by atoms with E-state index in [1.807, 2.05) is 6.92 Å². The Balaban J connectivity index is 0. The van der Waals surface area contributed by atoms with Crippen molar-refractivity contribution >= 4 is 17.9 Å². The van der Waals surface area contributed by atoms with Gasteiger partial charge in [0, 0.05) is 24.5 Å². The molecule has 0 amide bonds. The van der Waals surface area contributed by atoms with Crippen LogP contribution in [0.3, 0.4) is 0 Å². The third-order valence-corrected chi connectivity index (χ3v) is 1.95. The van der Waals surface area contributed by atoms with Crippen molar-refractivity contribution in [2.75, 3.05) is 0 Å². The Bertz CT molecular complexity index is 408. The molecule has 0 radical (unpaired) electrons. The van der Waals surface area contributed by atoms with E-state index in [0.717, 1.165) is 12.7 Å². The molecular weight excluding hydrogens is 288 g/mol. The Labute approximate surface area is 131 Å². The number of ether oxygens (including phenoxy) is 3. The summed E-state index contributed by atoms with van der Waals surface area (Å²) in [5.74, 6) is -1.45. The zero-order valence-corrected chi connectivity index (χ0v) is 13.6. The number of hydrogen-bond donors (Lipinski definition) is 0. The lowest BCUT2D eigenvalue weighted by atomic mass is 10.3. The molecule has 6 heteroatoms. The van der Waals surface area contributed by atoms with Crippen molar-refractivity contribution in [3.63, 3.8) is 0 Å². The minimum Gasteiger partial charge on any atom is -0.435 e. The lowest BCUT2D eigenvalue weighted by Crippen LogP contribution is -2.25. The molecule has 0 aromatic carbocycles. The minimum atomic E-state index is -0.863. The number of rotatable bonds is 7. The van der Waals surface area contributed by atoms with Crippen LogP contribution in [0.25, 0.3) is 0 Å². The smallest absolute Gasteiger partial charge is 0.336 e. The van der Waals surface area contributed by atoms with Crippen LogP contribution in [0.1, 0.15) is 40.5 Å². The van der Waals surface area contributed by atoms with Gasteiger partial charge in [0.1, 0.15) is 0 Å². The van der Waals surface area contributed by atoms with Gasteiger partial charge in [-0.2, -0.15) is 0 Å². The Hall–Kier alpha value is -2.37. The van der Waals surface area contributed by atoms with Crippen molar-refractivity contribution in [3.8, 4) is 0 Å². The van der Waals surface area contributed by atoms with Crippen LogP contribution in [-0.2, 0) is 28.6 Å². The maximum Gasteiger partial charge on any atom is 0.336 e. The molecule has 0 heterocycles. The third-order valence-electron chi connectivity index (χ3n) is 1.95. The molecule has 0 rings (SSSR count). The molecule has 0 saturated heterocycles. The van der Waals surface area contributed by atoms with E-state index in [1.54, 1.807) is 0 Å². The average molecular weight is 312 g/mol. The van der Waals surface area contributed by atoms with Gasteiger partial charge < -0.3 is 14.2 Å². The summed E-state index contributed by atoms with van der Waals surface area (Å²) >= 11 is 0. The van der Waals surface area contributed by atoms with Crippen LogP contribution >= 0.6 is 0 Å². The van der Waals surface area contributed by atoms with Crippen LogP contribution in [0.4, 0.5) is 0 Å². The zero-order chi connectivity index (χ0) is 17.7. The van der Waals surface area contributed by atoms with Crippen molar-refractivity contribution in [3.05, 3.63) is 37.1 Å². The monoisotopic (exact) mass is 312 g/mol. The van der Waals surface area contributed by atoms with E-state index in [0.29, 0.717) is 6.42 Å². The summed E-state index contributed by atoms with van der Waals surface area (Å²) in [6.07, 6.45) is 1.43. The normalized spacial score (nSPS) is 8.95. The number of hydrogen-bond acceptors (Lipinski definition) is 6. The van der Waals surface area contributed by atoms with Gasteiger partial charge in [0.25, 0.3) is 0 Å². The highest BCUT2D eigenvalue weighted by Crippen LogP contribution is 2.09. The van der Waals surface area contributed by atoms with Crippen LogP contribution < -0.4 is 0 Å². The summed E-state index contributed by atoms with van der Waals surface area (Å²) in [4.78, 5) is 32.2. The molecule has 0 saturated carbocycles. The first-order chi connectivity index (χ1) is 10.1. The van der Waals surface area contributed by atoms with E-state index in [1.165, 1.54) is 20.8 Å². The second-order valence-electron chi connectivity index (χ2n) is 4.37. The first-order valence-corrected chi connectivity index (χ1v) is 6.66. The molecule has 0 bridgehead atoms. The second-order valence-corrected chi connectivity index (χ2v) is 4.37. The summed E-state index contributed by atoms with van der Waals surface area (Å²) in [7, 11) is 0. The van der Waals surface area contributed by atoms with E-state index in [9.17, 15) is 14.4 Å². The number of esters is 3. The summed E-state index contributed by atoms with van der Waals surface area (Å²) in [5.41, 5.74) is 0.542. The highest BCUT2D eigenvalue weighted by atomic mass is 16.7. The van der Waals surface area contributed by atoms with Crippen LogP contribution in [-0.4, -0.2) is 24.2 Å². The fourth-order valence-electron chi connectivity index (χ4n) is 0.935. The van der Waals surface area contributed by atoms with E-state index >= 15 is 0 Å². The molecule has 0 aromatic rings. The Morgan fingerprint density at radius 1 is 1.00 bits per heavy atom. The molecule has 0 aliphatic heterocycles. The average Bonchev–Trinajstić information content (AvgIpc) is 2.38. The van der Waals surface area contributed by atoms with Gasteiger partial charge in [0.05, 0.1) is 6.26 Å². The molecule has 0 N–H and O–H groups in total. The Morgan fingerprint density at radius 3 is 1.59 bits per heavy atom. The van der Waals surface area contributed by atoms with Crippen molar-refractivity contribution in [2.24, 2.45) is 0 Å². The summed E-state index contributed by atoms with van der Waals surface area (Å²) < 4.78 is 14.1. The summed E-state index contributed by atoms with van der Waals surface area (Å²) in [6.45, 7) is 16.3. The van der Waals surface area contributed by atoms with Crippen molar-refractivity contribution in [1.82, 2.24) is 0 Å². The topological polar surface area (TPSA) is 78.9 Å². The molecule has 124 valence electrons. The molecule has 0 spiro atoms. The molecule has 0 unspecified atom stereocenters. The van der Waals surface area contributed by atoms with Crippen LogP contribution in [0, 0.1) is 0 Å². The summed E-state index contributed by atoms with van der Waals surface area (Å²) in [6, 6.07) is 0. The van der Waals surface area contributed by atoms with Crippen molar-refractivity contribution in [2.45, 2.75) is 46.8 Å². The Morgan fingerprint density at radius 2 is 1.41 bits per heavy atom. The summed E-state index contributed by atoms with van der Waals surface area (Å²) in [5, 5.41) is 0. The van der Waals surface area contributed by atoms with Crippen LogP contribution in [0.15, 0.2) is 37.1 Å². The largest absolute Gasteiger partial charge is 0.435 e. The van der Waals surface area contributed by atoms with E-state index in [4.69, 9.17) is 9.47 Å². The molecular formula is C16H24O6. The minimum absolute atomic E-state index is 0.271.